The first-order valence-electron chi connectivity index (χ1n) is 8.91. The molecular formula is C20H20N4O2S. The van der Waals surface area contributed by atoms with Crippen LogP contribution in [0.5, 0.6) is 11.6 Å². The lowest BCUT2D eigenvalue weighted by atomic mass is 10.1. The highest BCUT2D eigenvalue weighted by Crippen LogP contribution is 2.39. The Hall–Kier alpha value is -2.80. The van der Waals surface area contributed by atoms with E-state index in [1.165, 1.54) is 11.8 Å². The number of nitrogens with zero attached hydrogens (tertiary/aromatic N) is 3. The minimum atomic E-state index is -0.413. The number of hydrogen-bond acceptors (Lipinski definition) is 7. The first-order valence-corrected chi connectivity index (χ1v) is 9.90. The molecule has 1 N–H and O–H groups in total. The van der Waals surface area contributed by atoms with Gasteiger partial charge in [-0.25, -0.2) is 0 Å². The molecule has 0 saturated heterocycles. The number of anilines is 1. The summed E-state index contributed by atoms with van der Waals surface area (Å²) < 4.78 is 11.9. The van der Waals surface area contributed by atoms with Crippen molar-refractivity contribution in [2.24, 2.45) is 0 Å². The molecule has 138 valence electrons. The third-order valence-electron chi connectivity index (χ3n) is 4.08. The summed E-state index contributed by atoms with van der Waals surface area (Å²) >= 11 is 1.54. The number of aromatic nitrogens is 3. The molecule has 1 aromatic heterocycles. The zero-order valence-corrected chi connectivity index (χ0v) is 16.0. The molecular weight excluding hydrogens is 360 g/mol. The molecule has 4 rings (SSSR count). The minimum Gasteiger partial charge on any atom is -0.494 e. The van der Waals surface area contributed by atoms with Crippen LogP contribution in [0, 0.1) is 0 Å². The first kappa shape index (κ1) is 17.6. The largest absolute Gasteiger partial charge is 0.494 e. The second kappa shape index (κ2) is 7.84. The van der Waals surface area contributed by atoms with Crippen molar-refractivity contribution in [2.45, 2.75) is 25.2 Å². The van der Waals surface area contributed by atoms with E-state index in [0.717, 1.165) is 28.3 Å². The van der Waals surface area contributed by atoms with Crippen molar-refractivity contribution in [3.63, 3.8) is 0 Å². The van der Waals surface area contributed by atoms with Gasteiger partial charge in [0.2, 0.25) is 11.0 Å². The Morgan fingerprint density at radius 1 is 1.11 bits per heavy atom. The summed E-state index contributed by atoms with van der Waals surface area (Å²) in [4.78, 5) is 4.59. The van der Waals surface area contributed by atoms with Gasteiger partial charge in [0, 0.05) is 16.8 Å². The maximum Gasteiger partial charge on any atom is 0.247 e. The lowest BCUT2D eigenvalue weighted by molar-refractivity contribution is 0.224. The van der Waals surface area contributed by atoms with Crippen LogP contribution in [-0.4, -0.2) is 27.5 Å². The molecule has 0 radical (unpaired) electrons. The summed E-state index contributed by atoms with van der Waals surface area (Å²) in [5.74, 6) is 2.15. The van der Waals surface area contributed by atoms with Gasteiger partial charge in [0.05, 0.1) is 6.61 Å². The van der Waals surface area contributed by atoms with Crippen molar-refractivity contribution in [3.8, 4) is 22.9 Å². The molecule has 3 aromatic rings. The highest BCUT2D eigenvalue weighted by Gasteiger charge is 2.26. The average Bonchev–Trinajstić information content (AvgIpc) is 2.85. The zero-order valence-electron chi connectivity index (χ0n) is 15.2. The van der Waals surface area contributed by atoms with Crippen molar-refractivity contribution in [2.75, 3.05) is 17.7 Å². The summed E-state index contributed by atoms with van der Waals surface area (Å²) in [6.45, 7) is 4.64. The van der Waals surface area contributed by atoms with Gasteiger partial charge in [-0.3, -0.25) is 0 Å². The van der Waals surface area contributed by atoms with Crippen molar-refractivity contribution in [1.82, 2.24) is 15.2 Å². The zero-order chi connectivity index (χ0) is 18.6. The minimum absolute atomic E-state index is 0.413. The second-order valence-corrected chi connectivity index (χ2v) is 7.11. The first-order chi connectivity index (χ1) is 13.3. The normalized spacial score (nSPS) is 15.0. The van der Waals surface area contributed by atoms with E-state index in [2.05, 4.69) is 27.4 Å². The fourth-order valence-corrected chi connectivity index (χ4v) is 3.43. The molecule has 7 heteroatoms. The van der Waals surface area contributed by atoms with Crippen LogP contribution in [0.2, 0.25) is 0 Å². The monoisotopic (exact) mass is 380 g/mol. The molecule has 0 fully saturated rings. The van der Waals surface area contributed by atoms with Gasteiger partial charge in [-0.15, -0.1) is 10.2 Å². The van der Waals surface area contributed by atoms with Crippen molar-refractivity contribution < 1.29 is 9.47 Å². The molecule has 1 aliphatic heterocycles. The third-order valence-corrected chi connectivity index (χ3v) is 4.80. The smallest absolute Gasteiger partial charge is 0.247 e. The Kier molecular flexibility index (Phi) is 5.11. The van der Waals surface area contributed by atoms with Gasteiger partial charge in [0.15, 0.2) is 11.9 Å². The SMILES string of the molecule is CCOc1cccc([C@H]2Nc3ccccc3-c3nnc(SCC)nc3O2)c1. The van der Waals surface area contributed by atoms with E-state index >= 15 is 0 Å². The van der Waals surface area contributed by atoms with Crippen LogP contribution in [0.4, 0.5) is 5.69 Å². The van der Waals surface area contributed by atoms with Crippen molar-refractivity contribution in [1.29, 1.82) is 0 Å². The molecule has 0 amide bonds. The number of para-hydroxylation sites is 1. The molecule has 1 atom stereocenters. The summed E-state index contributed by atoms with van der Waals surface area (Å²) in [6.07, 6.45) is -0.413. The third kappa shape index (κ3) is 3.68. The number of fused-ring (bicyclic) bond motifs is 3. The van der Waals surface area contributed by atoms with Crippen LogP contribution >= 0.6 is 11.8 Å². The van der Waals surface area contributed by atoms with E-state index in [4.69, 9.17) is 9.47 Å². The van der Waals surface area contributed by atoms with Crippen LogP contribution in [-0.2, 0) is 0 Å². The molecule has 0 aliphatic carbocycles. The predicted octanol–water partition coefficient (Wildman–Crippen LogP) is 4.55. The highest BCUT2D eigenvalue weighted by molar-refractivity contribution is 7.99. The maximum absolute atomic E-state index is 6.25. The van der Waals surface area contributed by atoms with Gasteiger partial charge in [-0.2, -0.15) is 4.98 Å². The summed E-state index contributed by atoms with van der Waals surface area (Å²) in [5, 5.41) is 12.7. The molecule has 2 heterocycles. The highest BCUT2D eigenvalue weighted by atomic mass is 32.2. The fraction of sp³-hybridized carbons (Fsp3) is 0.250. The summed E-state index contributed by atoms with van der Waals surface area (Å²) in [7, 11) is 0. The van der Waals surface area contributed by atoms with Gasteiger partial charge in [0.1, 0.15) is 5.75 Å². The summed E-state index contributed by atoms with van der Waals surface area (Å²) in [6, 6.07) is 15.8. The molecule has 0 unspecified atom stereocenters. The number of hydrogen-bond donors (Lipinski definition) is 1. The number of rotatable bonds is 5. The van der Waals surface area contributed by atoms with E-state index in [-0.39, 0.29) is 0 Å². The van der Waals surface area contributed by atoms with Gasteiger partial charge < -0.3 is 14.8 Å². The average molecular weight is 380 g/mol. The molecule has 27 heavy (non-hydrogen) atoms. The van der Waals surface area contributed by atoms with E-state index in [1.54, 1.807) is 0 Å². The molecule has 0 spiro atoms. The van der Waals surface area contributed by atoms with E-state index in [0.29, 0.717) is 23.3 Å². The lowest BCUT2D eigenvalue weighted by Gasteiger charge is -2.20. The van der Waals surface area contributed by atoms with Crippen LogP contribution in [0.3, 0.4) is 0 Å². The van der Waals surface area contributed by atoms with Crippen molar-refractivity contribution in [3.05, 3.63) is 54.1 Å². The Labute approximate surface area is 162 Å². The van der Waals surface area contributed by atoms with Gasteiger partial charge in [-0.05, 0) is 30.9 Å². The Bertz CT molecular complexity index is 951. The van der Waals surface area contributed by atoms with E-state index < -0.39 is 6.23 Å². The molecule has 6 nitrogen and oxygen atoms in total. The second-order valence-electron chi connectivity index (χ2n) is 5.87. The Morgan fingerprint density at radius 3 is 2.85 bits per heavy atom. The topological polar surface area (TPSA) is 69.2 Å². The molecule has 1 aliphatic rings. The summed E-state index contributed by atoms with van der Waals surface area (Å²) in [5.41, 5.74) is 3.44. The number of nitrogens with one attached hydrogen (secondary N) is 1. The van der Waals surface area contributed by atoms with Gasteiger partial charge in [-0.1, -0.05) is 49.0 Å². The van der Waals surface area contributed by atoms with Crippen molar-refractivity contribution >= 4 is 17.4 Å². The van der Waals surface area contributed by atoms with Crippen LogP contribution in [0.1, 0.15) is 25.6 Å². The fourth-order valence-electron chi connectivity index (χ4n) is 2.92. The Balaban J connectivity index is 1.78. The maximum atomic E-state index is 6.25. The predicted molar refractivity (Wildman–Crippen MR) is 106 cm³/mol. The van der Waals surface area contributed by atoms with E-state index in [9.17, 15) is 0 Å². The number of benzene rings is 2. The quantitative estimate of drug-likeness (QED) is 0.651. The number of thioether (sulfide) groups is 1. The molecule has 0 saturated carbocycles. The van der Waals surface area contributed by atoms with Gasteiger partial charge in [0.25, 0.3) is 0 Å². The standard InChI is InChI=1S/C20H20N4O2S/c1-3-25-14-9-7-8-13(12-14)18-21-16-11-6-5-10-15(16)17-19(26-18)22-20(24-23-17)27-4-2/h5-12,18,21H,3-4H2,1-2H3/t18-/m0/s1. The van der Waals surface area contributed by atoms with Crippen LogP contribution in [0.15, 0.2) is 53.7 Å². The van der Waals surface area contributed by atoms with Crippen LogP contribution in [0.25, 0.3) is 11.3 Å². The molecule has 2 aromatic carbocycles. The Morgan fingerprint density at radius 2 is 2.00 bits per heavy atom. The van der Waals surface area contributed by atoms with E-state index in [1.807, 2.05) is 55.5 Å². The lowest BCUT2D eigenvalue weighted by Crippen LogP contribution is -2.17. The van der Waals surface area contributed by atoms with Crippen LogP contribution < -0.4 is 14.8 Å². The molecule has 0 bridgehead atoms. The van der Waals surface area contributed by atoms with Gasteiger partial charge >= 0.3 is 0 Å². The number of ether oxygens (including phenoxy) is 2.